The lowest BCUT2D eigenvalue weighted by Gasteiger charge is -2.24. The molecular weight excluding hydrogens is 264 g/mol. The third-order valence-corrected chi connectivity index (χ3v) is 5.33. The molecule has 2 rings (SSSR count). The van der Waals surface area contributed by atoms with Gasteiger partial charge in [-0.25, -0.2) is 8.42 Å². The van der Waals surface area contributed by atoms with Crippen LogP contribution in [0, 0.1) is 6.92 Å². The number of anilines is 1. The number of nitrogen functional groups attached to an aromatic ring is 1. The number of rotatable bonds is 2. The van der Waals surface area contributed by atoms with Gasteiger partial charge in [-0.05, 0) is 38.0 Å². The number of nitrogens with two attached hydrogens (primary N) is 1. The van der Waals surface area contributed by atoms with Crippen molar-refractivity contribution in [2.45, 2.75) is 25.8 Å². The lowest BCUT2D eigenvalue weighted by Crippen LogP contribution is -2.47. The third kappa shape index (κ3) is 3.07. The molecule has 0 bridgehead atoms. The maximum absolute atomic E-state index is 12.2. The Balaban J connectivity index is 2.20. The normalized spacial score (nSPS) is 25.2. The SMILES string of the molecule is Cc1ccc(N)cc1C(=O)NC1(C)CCS(=O)(=O)C1. The summed E-state index contributed by atoms with van der Waals surface area (Å²) in [6.07, 6.45) is 0.447. The minimum atomic E-state index is -3.04. The monoisotopic (exact) mass is 282 g/mol. The summed E-state index contributed by atoms with van der Waals surface area (Å²) in [6, 6.07) is 5.11. The number of nitrogens with one attached hydrogen (secondary N) is 1. The molecule has 1 aromatic carbocycles. The fourth-order valence-corrected chi connectivity index (χ4v) is 4.43. The number of hydrogen-bond acceptors (Lipinski definition) is 4. The number of carbonyl (C=O) groups is 1. The summed E-state index contributed by atoms with van der Waals surface area (Å²) in [5.74, 6) is -0.156. The van der Waals surface area contributed by atoms with Gasteiger partial charge >= 0.3 is 0 Å². The maximum atomic E-state index is 12.2. The van der Waals surface area contributed by atoms with E-state index in [4.69, 9.17) is 5.73 Å². The molecule has 1 aromatic rings. The molecule has 0 saturated carbocycles. The van der Waals surface area contributed by atoms with Crippen molar-refractivity contribution in [1.29, 1.82) is 0 Å². The molecular formula is C13H18N2O3S. The van der Waals surface area contributed by atoms with Gasteiger partial charge < -0.3 is 11.1 Å². The summed E-state index contributed by atoms with van der Waals surface area (Å²) >= 11 is 0. The van der Waals surface area contributed by atoms with Crippen molar-refractivity contribution in [2.75, 3.05) is 17.2 Å². The Morgan fingerprint density at radius 3 is 2.68 bits per heavy atom. The summed E-state index contributed by atoms with van der Waals surface area (Å²) in [7, 11) is -3.04. The Kier molecular flexibility index (Phi) is 3.30. The molecule has 1 fully saturated rings. The van der Waals surface area contributed by atoms with Crippen LogP contribution >= 0.6 is 0 Å². The molecule has 0 spiro atoms. The molecule has 0 radical (unpaired) electrons. The zero-order chi connectivity index (χ0) is 14.3. The molecule has 3 N–H and O–H groups in total. The number of carbonyl (C=O) groups excluding carboxylic acids is 1. The van der Waals surface area contributed by atoms with Gasteiger partial charge in [0.05, 0.1) is 17.0 Å². The van der Waals surface area contributed by atoms with E-state index in [-0.39, 0.29) is 17.4 Å². The lowest BCUT2D eigenvalue weighted by molar-refractivity contribution is 0.0915. The van der Waals surface area contributed by atoms with Gasteiger partial charge in [-0.1, -0.05) is 6.07 Å². The van der Waals surface area contributed by atoms with Gasteiger partial charge in [0.1, 0.15) is 0 Å². The van der Waals surface area contributed by atoms with Crippen LogP contribution in [0.5, 0.6) is 0 Å². The zero-order valence-corrected chi connectivity index (χ0v) is 11.9. The Labute approximate surface area is 113 Å². The van der Waals surface area contributed by atoms with Crippen molar-refractivity contribution in [1.82, 2.24) is 5.32 Å². The Morgan fingerprint density at radius 2 is 2.11 bits per heavy atom. The molecule has 1 unspecified atom stereocenters. The molecule has 1 aliphatic rings. The van der Waals surface area contributed by atoms with Gasteiger partial charge in [-0.3, -0.25) is 4.79 Å². The Morgan fingerprint density at radius 1 is 1.42 bits per heavy atom. The van der Waals surface area contributed by atoms with E-state index >= 15 is 0 Å². The van der Waals surface area contributed by atoms with E-state index in [2.05, 4.69) is 5.32 Å². The van der Waals surface area contributed by atoms with Crippen LogP contribution in [0.1, 0.15) is 29.3 Å². The highest BCUT2D eigenvalue weighted by molar-refractivity contribution is 7.91. The highest BCUT2D eigenvalue weighted by atomic mass is 32.2. The van der Waals surface area contributed by atoms with Crippen LogP contribution in [0.15, 0.2) is 18.2 Å². The van der Waals surface area contributed by atoms with Gasteiger partial charge in [0.2, 0.25) is 0 Å². The second-order valence-corrected chi connectivity index (χ2v) is 7.62. The van der Waals surface area contributed by atoms with Gasteiger partial charge in [0, 0.05) is 11.3 Å². The smallest absolute Gasteiger partial charge is 0.252 e. The second kappa shape index (κ2) is 4.52. The van der Waals surface area contributed by atoms with Crippen LogP contribution in [0.3, 0.4) is 0 Å². The van der Waals surface area contributed by atoms with Crippen LogP contribution < -0.4 is 11.1 Å². The van der Waals surface area contributed by atoms with Crippen molar-refractivity contribution < 1.29 is 13.2 Å². The zero-order valence-electron chi connectivity index (χ0n) is 11.1. The van der Waals surface area contributed by atoms with Crippen molar-refractivity contribution in [2.24, 2.45) is 0 Å². The molecule has 0 aromatic heterocycles. The number of sulfone groups is 1. The molecule has 1 saturated heterocycles. The molecule has 1 heterocycles. The van der Waals surface area contributed by atoms with Crippen molar-refractivity contribution in [3.05, 3.63) is 29.3 Å². The van der Waals surface area contributed by atoms with E-state index in [9.17, 15) is 13.2 Å². The summed E-state index contributed by atoms with van der Waals surface area (Å²) in [6.45, 7) is 3.58. The van der Waals surface area contributed by atoms with E-state index < -0.39 is 15.4 Å². The summed E-state index contributed by atoms with van der Waals surface area (Å²) < 4.78 is 23.0. The number of amides is 1. The molecule has 104 valence electrons. The average molecular weight is 282 g/mol. The van der Waals surface area contributed by atoms with Crippen molar-refractivity contribution in [3.63, 3.8) is 0 Å². The van der Waals surface area contributed by atoms with Crippen LogP contribution in [0.2, 0.25) is 0 Å². The second-order valence-electron chi connectivity index (χ2n) is 5.43. The van der Waals surface area contributed by atoms with E-state index in [1.54, 1.807) is 25.1 Å². The largest absolute Gasteiger partial charge is 0.399 e. The highest BCUT2D eigenvalue weighted by Crippen LogP contribution is 2.24. The minimum absolute atomic E-state index is 0.00684. The predicted octanol–water partition coefficient (Wildman–Crippen LogP) is 0.884. The summed E-state index contributed by atoms with van der Waals surface area (Å²) in [4.78, 5) is 12.2. The minimum Gasteiger partial charge on any atom is -0.399 e. The van der Waals surface area contributed by atoms with Crippen molar-refractivity contribution >= 4 is 21.4 Å². The van der Waals surface area contributed by atoms with Crippen LogP contribution in [-0.2, 0) is 9.84 Å². The average Bonchev–Trinajstić information content (AvgIpc) is 2.56. The van der Waals surface area contributed by atoms with E-state index in [0.29, 0.717) is 17.7 Å². The van der Waals surface area contributed by atoms with Gasteiger partial charge in [0.15, 0.2) is 9.84 Å². The lowest BCUT2D eigenvalue weighted by atomic mass is 10.00. The fourth-order valence-electron chi connectivity index (χ4n) is 2.33. The van der Waals surface area contributed by atoms with E-state index in [1.165, 1.54) is 0 Å². The van der Waals surface area contributed by atoms with Crippen LogP contribution in [-0.4, -0.2) is 31.4 Å². The molecule has 6 heteroatoms. The molecule has 0 aliphatic carbocycles. The van der Waals surface area contributed by atoms with Crippen LogP contribution in [0.25, 0.3) is 0 Å². The molecule has 1 aliphatic heterocycles. The van der Waals surface area contributed by atoms with Crippen molar-refractivity contribution in [3.8, 4) is 0 Å². The summed E-state index contributed by atoms with van der Waals surface area (Å²) in [5, 5.41) is 2.82. The molecule has 1 atom stereocenters. The number of hydrogen-bond donors (Lipinski definition) is 2. The summed E-state index contributed by atoms with van der Waals surface area (Å²) in [5.41, 5.74) is 6.81. The molecule has 1 amide bonds. The topological polar surface area (TPSA) is 89.3 Å². The Hall–Kier alpha value is -1.56. The van der Waals surface area contributed by atoms with Gasteiger partial charge in [-0.15, -0.1) is 0 Å². The molecule has 19 heavy (non-hydrogen) atoms. The van der Waals surface area contributed by atoms with E-state index in [0.717, 1.165) is 5.56 Å². The first-order chi connectivity index (χ1) is 8.71. The molecule has 5 nitrogen and oxygen atoms in total. The number of aryl methyl sites for hydroxylation is 1. The maximum Gasteiger partial charge on any atom is 0.252 e. The standard InChI is InChI=1S/C13H18N2O3S/c1-9-3-4-10(14)7-11(9)12(16)15-13(2)5-6-19(17,18)8-13/h3-4,7H,5-6,8,14H2,1-2H3,(H,15,16). The van der Waals surface area contributed by atoms with Gasteiger partial charge in [0.25, 0.3) is 5.91 Å². The highest BCUT2D eigenvalue weighted by Gasteiger charge is 2.39. The first kappa shape index (κ1) is 13.9. The Bertz CT molecular complexity index is 625. The predicted molar refractivity (Wildman–Crippen MR) is 74.7 cm³/mol. The van der Waals surface area contributed by atoms with Gasteiger partial charge in [-0.2, -0.15) is 0 Å². The third-order valence-electron chi connectivity index (χ3n) is 3.42. The quantitative estimate of drug-likeness (QED) is 0.788. The first-order valence-corrected chi connectivity index (χ1v) is 7.92. The van der Waals surface area contributed by atoms with Crippen LogP contribution in [0.4, 0.5) is 5.69 Å². The number of benzene rings is 1. The fraction of sp³-hybridized carbons (Fsp3) is 0.462. The first-order valence-electron chi connectivity index (χ1n) is 6.10. The van der Waals surface area contributed by atoms with E-state index in [1.807, 2.05) is 6.92 Å².